The molecule has 0 bridgehead atoms. The number of carbonyl (C=O) groups is 2. The van der Waals surface area contributed by atoms with Crippen LogP contribution in [-0.2, 0) is 9.59 Å². The van der Waals surface area contributed by atoms with E-state index in [-0.39, 0.29) is 5.91 Å². The van der Waals surface area contributed by atoms with Gasteiger partial charge in [-0.3, -0.25) is 4.79 Å². The van der Waals surface area contributed by atoms with Crippen LogP contribution < -0.4 is 0 Å². The average Bonchev–Trinajstić information content (AvgIpc) is 3.04. The number of carboxylic acids is 1. The molecule has 2 heterocycles. The summed E-state index contributed by atoms with van der Waals surface area (Å²) in [5.41, 5.74) is -1.02. The minimum atomic E-state index is -1.02. The van der Waals surface area contributed by atoms with Crippen molar-refractivity contribution in [3.8, 4) is 0 Å². The van der Waals surface area contributed by atoms with Crippen LogP contribution in [0.15, 0.2) is 22.0 Å². The van der Waals surface area contributed by atoms with Crippen LogP contribution in [0.1, 0.15) is 37.5 Å². The molecule has 21 heavy (non-hydrogen) atoms. The van der Waals surface area contributed by atoms with Gasteiger partial charge in [0.05, 0.1) is 3.79 Å². The first-order valence-electron chi connectivity index (χ1n) is 6.98. The van der Waals surface area contributed by atoms with E-state index in [9.17, 15) is 14.7 Å². The summed E-state index contributed by atoms with van der Waals surface area (Å²) in [6.45, 7) is 2.47. The molecule has 1 aromatic heterocycles. The minimum Gasteiger partial charge on any atom is -0.479 e. The van der Waals surface area contributed by atoms with E-state index < -0.39 is 11.5 Å². The van der Waals surface area contributed by atoms with Gasteiger partial charge < -0.3 is 10.0 Å². The van der Waals surface area contributed by atoms with Crippen molar-refractivity contribution >= 4 is 45.2 Å². The zero-order valence-electron chi connectivity index (χ0n) is 11.8. The maximum Gasteiger partial charge on any atom is 0.329 e. The van der Waals surface area contributed by atoms with E-state index >= 15 is 0 Å². The van der Waals surface area contributed by atoms with Crippen molar-refractivity contribution in [1.82, 2.24) is 4.90 Å². The summed E-state index contributed by atoms with van der Waals surface area (Å²) >= 11 is 4.91. The molecule has 1 saturated heterocycles. The second-order valence-corrected chi connectivity index (χ2v) is 7.65. The van der Waals surface area contributed by atoms with Crippen LogP contribution in [0.5, 0.6) is 0 Å². The lowest BCUT2D eigenvalue weighted by Crippen LogP contribution is -2.52. The quantitative estimate of drug-likeness (QED) is 0.801. The maximum absolute atomic E-state index is 12.4. The lowest BCUT2D eigenvalue weighted by atomic mass is 9.90. The van der Waals surface area contributed by atoms with Gasteiger partial charge in [-0.05, 0) is 53.4 Å². The normalized spacial score (nSPS) is 22.1. The van der Waals surface area contributed by atoms with Crippen LogP contribution in [-0.4, -0.2) is 34.0 Å². The number of carbonyl (C=O) groups excluding carboxylic acids is 1. The monoisotopic (exact) mass is 371 g/mol. The highest BCUT2D eigenvalue weighted by molar-refractivity contribution is 9.11. The molecule has 6 heteroatoms. The number of amides is 1. The number of halogens is 1. The van der Waals surface area contributed by atoms with Crippen LogP contribution in [0.3, 0.4) is 0 Å². The van der Waals surface area contributed by atoms with Gasteiger partial charge in [0.15, 0.2) is 0 Å². The summed E-state index contributed by atoms with van der Waals surface area (Å²) in [5, 5.41) is 9.58. The summed E-state index contributed by atoms with van der Waals surface area (Å²) < 4.78 is 1.00. The van der Waals surface area contributed by atoms with Gasteiger partial charge in [0, 0.05) is 17.5 Å². The zero-order valence-corrected chi connectivity index (χ0v) is 14.2. The topological polar surface area (TPSA) is 57.6 Å². The van der Waals surface area contributed by atoms with Gasteiger partial charge in [-0.25, -0.2) is 4.79 Å². The van der Waals surface area contributed by atoms with Gasteiger partial charge in [-0.2, -0.15) is 0 Å². The van der Waals surface area contributed by atoms with E-state index in [4.69, 9.17) is 0 Å². The van der Waals surface area contributed by atoms with Gasteiger partial charge >= 0.3 is 5.97 Å². The largest absolute Gasteiger partial charge is 0.479 e. The number of nitrogens with zero attached hydrogens (tertiary/aromatic N) is 1. The summed E-state index contributed by atoms with van der Waals surface area (Å²) in [6.07, 6.45) is 5.77. The molecule has 0 aliphatic carbocycles. The van der Waals surface area contributed by atoms with Crippen LogP contribution in [0.4, 0.5) is 0 Å². The van der Waals surface area contributed by atoms with E-state index in [0.717, 1.165) is 21.5 Å². The van der Waals surface area contributed by atoms with Gasteiger partial charge in [0.1, 0.15) is 5.54 Å². The zero-order chi connectivity index (χ0) is 15.5. The predicted octanol–water partition coefficient (Wildman–Crippen LogP) is 3.77. The molecule has 0 spiro atoms. The van der Waals surface area contributed by atoms with Gasteiger partial charge in [-0.1, -0.05) is 13.3 Å². The third-order valence-corrected chi connectivity index (χ3v) is 5.39. The van der Waals surface area contributed by atoms with Crippen LogP contribution in [0.25, 0.3) is 6.08 Å². The number of hydrogen-bond donors (Lipinski definition) is 1. The van der Waals surface area contributed by atoms with Crippen LogP contribution >= 0.6 is 27.3 Å². The molecule has 0 aromatic carbocycles. The molecule has 114 valence electrons. The predicted molar refractivity (Wildman–Crippen MR) is 87.3 cm³/mol. The molecule has 1 aliphatic heterocycles. The van der Waals surface area contributed by atoms with Crippen molar-refractivity contribution in [3.05, 3.63) is 26.9 Å². The lowest BCUT2D eigenvalue weighted by Gasteiger charge is -2.34. The molecule has 0 saturated carbocycles. The van der Waals surface area contributed by atoms with Crippen molar-refractivity contribution in [3.63, 3.8) is 0 Å². The summed E-state index contributed by atoms with van der Waals surface area (Å²) in [5.74, 6) is -1.10. The molecule has 1 amide bonds. The third-order valence-electron chi connectivity index (χ3n) is 3.80. The molecule has 4 nitrogen and oxygen atoms in total. The highest BCUT2D eigenvalue weighted by Gasteiger charge is 2.48. The number of carboxylic acid groups (broad SMARTS) is 1. The highest BCUT2D eigenvalue weighted by Crippen LogP contribution is 2.34. The average molecular weight is 372 g/mol. The number of rotatable bonds is 5. The van der Waals surface area contributed by atoms with Gasteiger partial charge in [0.2, 0.25) is 5.91 Å². The molecule has 1 N–H and O–H groups in total. The van der Waals surface area contributed by atoms with Crippen molar-refractivity contribution in [2.24, 2.45) is 0 Å². The molecule has 1 unspecified atom stereocenters. The van der Waals surface area contributed by atoms with Crippen molar-refractivity contribution in [1.29, 1.82) is 0 Å². The lowest BCUT2D eigenvalue weighted by molar-refractivity contribution is -0.155. The smallest absolute Gasteiger partial charge is 0.329 e. The molecule has 1 fully saturated rings. The van der Waals surface area contributed by atoms with E-state index in [1.54, 1.807) is 6.08 Å². The molecule has 2 rings (SSSR count). The molecule has 1 aliphatic rings. The number of thiophene rings is 1. The summed E-state index contributed by atoms with van der Waals surface area (Å²) in [4.78, 5) is 26.6. The standard InChI is InChI=1S/C15H18BrNO3S/c1-2-8-15(14(19)20)9-3-10-17(15)13(18)7-5-11-4-6-12(16)21-11/h4-7H,2-3,8-10H2,1H3,(H,19,20)/b7-5+. The first kappa shape index (κ1) is 16.2. The number of hydrogen-bond acceptors (Lipinski definition) is 3. The Morgan fingerprint density at radius 3 is 2.86 bits per heavy atom. The van der Waals surface area contributed by atoms with E-state index in [2.05, 4.69) is 15.9 Å². The SMILES string of the molecule is CCCC1(C(=O)O)CCCN1C(=O)/C=C/c1ccc(Br)s1. The molecule has 1 atom stereocenters. The molecular formula is C15H18BrNO3S. The second kappa shape index (κ2) is 6.75. The maximum atomic E-state index is 12.4. The summed E-state index contributed by atoms with van der Waals surface area (Å²) in [6, 6.07) is 3.84. The first-order chi connectivity index (χ1) is 9.99. The minimum absolute atomic E-state index is 0.215. The van der Waals surface area contributed by atoms with E-state index in [1.807, 2.05) is 19.1 Å². The van der Waals surface area contributed by atoms with Crippen LogP contribution in [0, 0.1) is 0 Å². The van der Waals surface area contributed by atoms with Crippen molar-refractivity contribution in [2.45, 2.75) is 38.1 Å². The van der Waals surface area contributed by atoms with Gasteiger partial charge in [0.25, 0.3) is 0 Å². The van der Waals surface area contributed by atoms with Crippen molar-refractivity contribution < 1.29 is 14.7 Å². The first-order valence-corrected chi connectivity index (χ1v) is 8.59. The number of aliphatic carboxylic acids is 1. The number of likely N-dealkylation sites (tertiary alicyclic amines) is 1. The third kappa shape index (κ3) is 3.37. The van der Waals surface area contributed by atoms with Gasteiger partial charge in [-0.15, -0.1) is 11.3 Å². The summed E-state index contributed by atoms with van der Waals surface area (Å²) in [7, 11) is 0. The fraction of sp³-hybridized carbons (Fsp3) is 0.467. The molecule has 0 radical (unpaired) electrons. The fourth-order valence-corrected chi connectivity index (χ4v) is 4.19. The Balaban J connectivity index is 2.17. The molecular weight excluding hydrogens is 354 g/mol. The van der Waals surface area contributed by atoms with Crippen LogP contribution in [0.2, 0.25) is 0 Å². The van der Waals surface area contributed by atoms with Crippen molar-refractivity contribution in [2.75, 3.05) is 6.54 Å². The highest BCUT2D eigenvalue weighted by atomic mass is 79.9. The fourth-order valence-electron chi connectivity index (χ4n) is 2.86. The van der Waals surface area contributed by atoms with E-state index in [1.165, 1.54) is 22.3 Å². The second-order valence-electron chi connectivity index (χ2n) is 5.16. The Hall–Kier alpha value is -1.14. The van der Waals surface area contributed by atoms with E-state index in [0.29, 0.717) is 19.4 Å². The Morgan fingerprint density at radius 1 is 1.52 bits per heavy atom. The Bertz CT molecular complexity index is 569. The Labute approximate surface area is 136 Å². The Kier molecular flexibility index (Phi) is 5.22. The Morgan fingerprint density at radius 2 is 2.29 bits per heavy atom. The molecule has 1 aromatic rings.